The van der Waals surface area contributed by atoms with E-state index in [-0.39, 0.29) is 10.5 Å². The molecule has 0 radical (unpaired) electrons. The van der Waals surface area contributed by atoms with E-state index in [9.17, 15) is 4.79 Å². The van der Waals surface area contributed by atoms with Crippen molar-refractivity contribution in [2.75, 3.05) is 0 Å². The Morgan fingerprint density at radius 1 is 0.806 bits per heavy atom. The van der Waals surface area contributed by atoms with Gasteiger partial charge in [0.05, 0.1) is 0 Å². The highest BCUT2D eigenvalue weighted by atomic mass is 16.2. The first-order valence-corrected chi connectivity index (χ1v) is 10.1. The molecule has 5 heteroatoms. The van der Waals surface area contributed by atoms with Crippen LogP contribution in [0.3, 0.4) is 0 Å². The summed E-state index contributed by atoms with van der Waals surface area (Å²) in [5, 5.41) is 0. The van der Waals surface area contributed by atoms with Gasteiger partial charge in [-0.3, -0.25) is 0 Å². The second-order valence-electron chi connectivity index (χ2n) is 7.44. The Morgan fingerprint density at radius 3 is 2.03 bits per heavy atom. The lowest BCUT2D eigenvalue weighted by Gasteiger charge is -2.30. The highest BCUT2D eigenvalue weighted by Gasteiger charge is 2.48. The minimum absolute atomic E-state index is 0.0609. The molecular weight excluding hydrogens is 384 g/mol. The summed E-state index contributed by atoms with van der Waals surface area (Å²) in [6.45, 7) is 0.446. The number of amides is 1. The summed E-state index contributed by atoms with van der Waals surface area (Å²) in [6, 6.07) is 29.9. The van der Waals surface area contributed by atoms with E-state index in [1.807, 2.05) is 91.0 Å². The lowest BCUT2D eigenvalue weighted by atomic mass is 10.0. The SMILES string of the molecule is O=C(n1ccnc1)[N+]1(Cc2ccccc2)C=NC(c2ccccc2)=C1c1ccccc1. The van der Waals surface area contributed by atoms with E-state index in [2.05, 4.69) is 4.98 Å². The Hall–Kier alpha value is -4.09. The summed E-state index contributed by atoms with van der Waals surface area (Å²) in [7, 11) is 0. The van der Waals surface area contributed by atoms with E-state index in [1.165, 1.54) is 4.57 Å². The summed E-state index contributed by atoms with van der Waals surface area (Å²) in [5.74, 6) is 0. The first kappa shape index (κ1) is 18.9. The molecule has 1 amide bonds. The smallest absolute Gasteiger partial charge is 0.245 e. The van der Waals surface area contributed by atoms with E-state index < -0.39 is 0 Å². The third-order valence-corrected chi connectivity index (χ3v) is 5.44. The van der Waals surface area contributed by atoms with Crippen LogP contribution in [0.4, 0.5) is 4.79 Å². The Morgan fingerprint density at radius 2 is 1.42 bits per heavy atom. The highest BCUT2D eigenvalue weighted by molar-refractivity contribution is 6.01. The highest BCUT2D eigenvalue weighted by Crippen LogP contribution is 2.41. The van der Waals surface area contributed by atoms with Crippen molar-refractivity contribution < 1.29 is 9.28 Å². The molecule has 1 aromatic heterocycles. The number of nitrogens with zero attached hydrogens (tertiary/aromatic N) is 4. The summed E-state index contributed by atoms with van der Waals surface area (Å²) >= 11 is 0. The predicted octanol–water partition coefficient (Wildman–Crippen LogP) is 5.44. The molecule has 1 atom stereocenters. The van der Waals surface area contributed by atoms with Crippen LogP contribution in [0.15, 0.2) is 115 Å². The molecule has 1 aliphatic heterocycles. The third-order valence-electron chi connectivity index (χ3n) is 5.44. The van der Waals surface area contributed by atoms with Gasteiger partial charge < -0.3 is 0 Å². The predicted molar refractivity (Wildman–Crippen MR) is 122 cm³/mol. The van der Waals surface area contributed by atoms with Crippen LogP contribution in [0.1, 0.15) is 16.7 Å². The van der Waals surface area contributed by atoms with Gasteiger partial charge in [0.1, 0.15) is 18.6 Å². The Balaban J connectivity index is 1.77. The van der Waals surface area contributed by atoms with E-state index >= 15 is 0 Å². The molecule has 0 saturated carbocycles. The maximum atomic E-state index is 14.0. The minimum Gasteiger partial charge on any atom is -0.245 e. The van der Waals surface area contributed by atoms with Gasteiger partial charge in [0.2, 0.25) is 6.34 Å². The van der Waals surface area contributed by atoms with Crippen molar-refractivity contribution in [1.29, 1.82) is 0 Å². The zero-order chi connectivity index (χ0) is 21.1. The number of hydrogen-bond acceptors (Lipinski definition) is 3. The van der Waals surface area contributed by atoms with Crippen LogP contribution < -0.4 is 0 Å². The van der Waals surface area contributed by atoms with Crippen LogP contribution in [0.25, 0.3) is 11.4 Å². The van der Waals surface area contributed by atoms with Crippen molar-refractivity contribution in [2.45, 2.75) is 6.54 Å². The monoisotopic (exact) mass is 405 g/mol. The van der Waals surface area contributed by atoms with Gasteiger partial charge in [-0.25, -0.2) is 14.3 Å². The molecule has 4 aromatic rings. The van der Waals surface area contributed by atoms with E-state index in [1.54, 1.807) is 25.1 Å². The molecule has 0 aliphatic carbocycles. The molecule has 2 heterocycles. The average Bonchev–Trinajstić information content (AvgIpc) is 3.50. The van der Waals surface area contributed by atoms with E-state index in [4.69, 9.17) is 4.99 Å². The number of aromatic nitrogens is 2. The average molecular weight is 405 g/mol. The van der Waals surface area contributed by atoms with Crippen molar-refractivity contribution in [3.8, 4) is 0 Å². The topological polar surface area (TPSA) is 47.2 Å². The van der Waals surface area contributed by atoms with Gasteiger partial charge >= 0.3 is 6.03 Å². The number of carbonyl (C=O) groups excluding carboxylic acids is 1. The van der Waals surface area contributed by atoms with Crippen molar-refractivity contribution >= 4 is 23.8 Å². The number of carbonyl (C=O) groups is 1. The molecule has 5 nitrogen and oxygen atoms in total. The zero-order valence-corrected chi connectivity index (χ0v) is 16.9. The van der Waals surface area contributed by atoms with Crippen LogP contribution >= 0.6 is 0 Å². The lowest BCUT2D eigenvalue weighted by molar-refractivity contribution is -0.684. The van der Waals surface area contributed by atoms with Gasteiger partial charge in [0, 0.05) is 29.1 Å². The second-order valence-corrected chi connectivity index (χ2v) is 7.44. The molecule has 5 rings (SSSR count). The van der Waals surface area contributed by atoms with Crippen molar-refractivity contribution in [3.05, 3.63) is 126 Å². The summed E-state index contributed by atoms with van der Waals surface area (Å²) in [4.78, 5) is 22.9. The second kappa shape index (κ2) is 7.97. The Bertz CT molecular complexity index is 1250. The molecule has 0 spiro atoms. The van der Waals surface area contributed by atoms with Crippen molar-refractivity contribution in [3.63, 3.8) is 0 Å². The Kier molecular flexibility index (Phi) is 4.86. The number of hydrogen-bond donors (Lipinski definition) is 0. The largest absolute Gasteiger partial charge is 0.439 e. The zero-order valence-electron chi connectivity index (χ0n) is 16.9. The van der Waals surface area contributed by atoms with Gasteiger partial charge in [-0.1, -0.05) is 78.9 Å². The van der Waals surface area contributed by atoms with Gasteiger partial charge in [0.25, 0.3) is 0 Å². The van der Waals surface area contributed by atoms with Gasteiger partial charge in [-0.2, -0.15) is 9.48 Å². The third kappa shape index (κ3) is 3.41. The minimum atomic E-state index is -0.130. The first-order valence-electron chi connectivity index (χ1n) is 10.1. The van der Waals surface area contributed by atoms with Gasteiger partial charge in [-0.05, 0) is 12.1 Å². The quantitative estimate of drug-likeness (QED) is 0.425. The molecule has 1 unspecified atom stereocenters. The van der Waals surface area contributed by atoms with Crippen LogP contribution in [0.5, 0.6) is 0 Å². The summed E-state index contributed by atoms with van der Waals surface area (Å²) in [6.07, 6.45) is 6.61. The van der Waals surface area contributed by atoms with E-state index in [0.29, 0.717) is 6.54 Å². The lowest BCUT2D eigenvalue weighted by Crippen LogP contribution is -2.50. The molecule has 31 heavy (non-hydrogen) atoms. The summed E-state index contributed by atoms with van der Waals surface area (Å²) in [5.41, 5.74) is 4.64. The molecule has 0 fully saturated rings. The molecular formula is C26H21N4O+. The molecule has 0 saturated heterocycles. The van der Waals surface area contributed by atoms with Crippen molar-refractivity contribution in [2.24, 2.45) is 4.99 Å². The van der Waals surface area contributed by atoms with E-state index in [0.717, 1.165) is 28.1 Å². The summed E-state index contributed by atoms with van der Waals surface area (Å²) < 4.78 is 1.47. The molecule has 0 bridgehead atoms. The molecule has 0 N–H and O–H groups in total. The fourth-order valence-corrected chi connectivity index (χ4v) is 4.02. The number of imidazole rings is 1. The fraction of sp³-hybridized carbons (Fsp3) is 0.0385. The van der Waals surface area contributed by atoms with Gasteiger partial charge in [-0.15, -0.1) is 0 Å². The van der Waals surface area contributed by atoms with Crippen LogP contribution in [0.2, 0.25) is 0 Å². The first-order chi connectivity index (χ1) is 15.3. The molecule has 1 aliphatic rings. The normalized spacial score (nSPS) is 17.8. The number of benzene rings is 3. The standard InChI is InChI=1S/C26H21N4O/c31-26(29-17-16-27-19-29)30(18-21-10-4-1-5-11-21)20-28-24(22-12-6-2-7-13-22)25(30)23-14-8-3-9-15-23/h1-17,19-20H,18H2/q+1. The van der Waals surface area contributed by atoms with Crippen molar-refractivity contribution in [1.82, 2.24) is 9.55 Å². The Labute approximate surface area is 180 Å². The number of aliphatic imine (C=N–C) groups is 1. The molecule has 3 aromatic carbocycles. The van der Waals surface area contributed by atoms with Crippen LogP contribution in [-0.2, 0) is 6.54 Å². The van der Waals surface area contributed by atoms with Crippen LogP contribution in [-0.4, -0.2) is 26.4 Å². The number of quaternary nitrogens is 1. The maximum absolute atomic E-state index is 14.0. The molecule has 150 valence electrons. The maximum Gasteiger partial charge on any atom is 0.439 e. The fourth-order valence-electron chi connectivity index (χ4n) is 4.02. The number of rotatable bonds is 4. The van der Waals surface area contributed by atoms with Crippen LogP contribution in [0, 0.1) is 0 Å². The van der Waals surface area contributed by atoms with Gasteiger partial charge in [0.15, 0.2) is 5.70 Å².